The Hall–Kier alpha value is -0.320. The highest BCUT2D eigenvalue weighted by atomic mass is 35.5. The van der Waals surface area contributed by atoms with E-state index in [1.54, 1.807) is 25.2 Å². The Balaban J connectivity index is 2.69. The monoisotopic (exact) mass is 360 g/mol. The van der Waals surface area contributed by atoms with Gasteiger partial charge in [-0.05, 0) is 18.2 Å². The van der Waals surface area contributed by atoms with Gasteiger partial charge in [0, 0.05) is 12.7 Å². The van der Waals surface area contributed by atoms with Crippen molar-refractivity contribution in [2.45, 2.75) is 0 Å². The molecule has 0 atom stereocenters. The minimum atomic E-state index is -0.383. The maximum atomic E-state index is 11.8. The molecule has 0 saturated carbocycles. The molecule has 2 amide bonds. The molecule has 0 spiro atoms. The maximum Gasteiger partial charge on any atom is 0.321 e. The lowest BCUT2D eigenvalue weighted by atomic mass is 10.3. The molecule has 3 nitrogen and oxygen atoms in total. The van der Waals surface area contributed by atoms with E-state index in [2.05, 4.69) is 5.32 Å². The minimum Gasteiger partial charge on any atom is -0.322 e. The summed E-state index contributed by atoms with van der Waals surface area (Å²) in [6.45, 7) is 0.0943. The van der Waals surface area contributed by atoms with Crippen molar-refractivity contribution in [3.05, 3.63) is 37.8 Å². The summed E-state index contributed by atoms with van der Waals surface area (Å²) in [4.78, 5) is 13.2. The number of halogens is 5. The summed E-state index contributed by atoms with van der Waals surface area (Å²) in [5.74, 6) is 0. The van der Waals surface area contributed by atoms with Gasteiger partial charge in [-0.1, -0.05) is 58.0 Å². The molecule has 0 aliphatic rings. The number of amides is 2. The van der Waals surface area contributed by atoms with Gasteiger partial charge in [-0.3, -0.25) is 0 Å². The quantitative estimate of drug-likeness (QED) is 0.773. The molecular formula is C11H9Cl5N2O. The summed E-state index contributed by atoms with van der Waals surface area (Å²) in [7, 11) is 1.55. The molecule has 19 heavy (non-hydrogen) atoms. The van der Waals surface area contributed by atoms with Crippen molar-refractivity contribution >= 4 is 69.7 Å². The number of anilines is 1. The zero-order chi connectivity index (χ0) is 14.6. The van der Waals surface area contributed by atoms with E-state index < -0.39 is 0 Å². The SMILES string of the molecule is CN(CC(Cl)=C(Cl)Cl)C(=O)Nc1ccc(Cl)c(Cl)c1. The van der Waals surface area contributed by atoms with Gasteiger partial charge in [-0.2, -0.15) is 0 Å². The van der Waals surface area contributed by atoms with Gasteiger partial charge in [0.15, 0.2) is 0 Å². The van der Waals surface area contributed by atoms with E-state index in [9.17, 15) is 4.79 Å². The highest BCUT2D eigenvalue weighted by molar-refractivity contribution is 6.59. The van der Waals surface area contributed by atoms with E-state index in [0.29, 0.717) is 15.7 Å². The fourth-order valence-electron chi connectivity index (χ4n) is 1.13. The summed E-state index contributed by atoms with van der Waals surface area (Å²) in [6.07, 6.45) is 0. The summed E-state index contributed by atoms with van der Waals surface area (Å²) in [6, 6.07) is 4.38. The molecule has 1 rings (SSSR count). The first kappa shape index (κ1) is 16.7. The fourth-order valence-corrected chi connectivity index (χ4v) is 1.73. The largest absolute Gasteiger partial charge is 0.322 e. The van der Waals surface area contributed by atoms with Crippen molar-refractivity contribution in [1.82, 2.24) is 4.90 Å². The normalized spacial score (nSPS) is 10.0. The van der Waals surface area contributed by atoms with Crippen LogP contribution in [0, 0.1) is 0 Å². The zero-order valence-electron chi connectivity index (χ0n) is 9.68. The lowest BCUT2D eigenvalue weighted by Crippen LogP contribution is -2.32. The third kappa shape index (κ3) is 5.28. The first-order valence-corrected chi connectivity index (χ1v) is 6.87. The Kier molecular flexibility index (Phi) is 6.57. The molecule has 0 unspecified atom stereocenters. The number of nitrogens with zero attached hydrogens (tertiary/aromatic N) is 1. The van der Waals surface area contributed by atoms with Crippen LogP contribution in [0.5, 0.6) is 0 Å². The standard InChI is InChI=1S/C11H9Cl5N2O/c1-18(5-9(14)10(15)16)11(19)17-6-2-3-7(12)8(13)4-6/h2-4H,5H2,1H3,(H,17,19). The van der Waals surface area contributed by atoms with Crippen LogP contribution in [0.3, 0.4) is 0 Å². The Morgan fingerprint density at radius 1 is 1.21 bits per heavy atom. The van der Waals surface area contributed by atoms with Crippen LogP contribution < -0.4 is 5.32 Å². The lowest BCUT2D eigenvalue weighted by Gasteiger charge is -2.17. The van der Waals surface area contributed by atoms with Crippen molar-refractivity contribution in [3.8, 4) is 0 Å². The average molecular weight is 362 g/mol. The van der Waals surface area contributed by atoms with Crippen LogP contribution >= 0.6 is 58.0 Å². The second kappa shape index (κ2) is 7.46. The third-order valence-corrected chi connectivity index (χ3v) is 3.80. The van der Waals surface area contributed by atoms with Crippen LogP contribution in [-0.4, -0.2) is 24.5 Å². The first-order valence-electron chi connectivity index (χ1n) is 4.98. The van der Waals surface area contributed by atoms with Crippen molar-refractivity contribution in [2.24, 2.45) is 0 Å². The second-order valence-electron chi connectivity index (χ2n) is 3.58. The van der Waals surface area contributed by atoms with Gasteiger partial charge in [-0.15, -0.1) is 0 Å². The Morgan fingerprint density at radius 2 is 1.84 bits per heavy atom. The van der Waals surface area contributed by atoms with E-state index in [1.807, 2.05) is 0 Å². The number of nitrogens with one attached hydrogen (secondary N) is 1. The summed E-state index contributed by atoms with van der Waals surface area (Å²) < 4.78 is -0.0733. The summed E-state index contributed by atoms with van der Waals surface area (Å²) in [5, 5.41) is 3.57. The zero-order valence-corrected chi connectivity index (χ0v) is 13.5. The van der Waals surface area contributed by atoms with Crippen LogP contribution in [0.25, 0.3) is 0 Å². The van der Waals surface area contributed by atoms with Gasteiger partial charge < -0.3 is 10.2 Å². The van der Waals surface area contributed by atoms with Crippen LogP contribution in [0.15, 0.2) is 27.7 Å². The minimum absolute atomic E-state index is 0.0733. The molecule has 0 aliphatic carbocycles. The molecule has 104 valence electrons. The van der Waals surface area contributed by atoms with Gasteiger partial charge in [0.25, 0.3) is 0 Å². The molecule has 0 fully saturated rings. The summed E-state index contributed by atoms with van der Waals surface area (Å²) >= 11 is 28.4. The van der Waals surface area contributed by atoms with Crippen LogP contribution in [0.4, 0.5) is 10.5 Å². The topological polar surface area (TPSA) is 32.3 Å². The molecule has 0 saturated heterocycles. The van der Waals surface area contributed by atoms with E-state index in [4.69, 9.17) is 58.0 Å². The van der Waals surface area contributed by atoms with E-state index in [-0.39, 0.29) is 22.1 Å². The van der Waals surface area contributed by atoms with Crippen LogP contribution in [-0.2, 0) is 0 Å². The van der Waals surface area contributed by atoms with Gasteiger partial charge >= 0.3 is 6.03 Å². The molecule has 1 N–H and O–H groups in total. The first-order chi connectivity index (χ1) is 8.81. The van der Waals surface area contributed by atoms with Gasteiger partial charge in [0.05, 0.1) is 21.6 Å². The predicted molar refractivity (Wildman–Crippen MR) is 82.7 cm³/mol. The molecule has 1 aromatic rings. The van der Waals surface area contributed by atoms with Crippen molar-refractivity contribution in [1.29, 1.82) is 0 Å². The lowest BCUT2D eigenvalue weighted by molar-refractivity contribution is 0.226. The molecule has 0 radical (unpaired) electrons. The Morgan fingerprint density at radius 3 is 2.37 bits per heavy atom. The maximum absolute atomic E-state index is 11.8. The molecule has 1 aromatic carbocycles. The van der Waals surface area contributed by atoms with Crippen LogP contribution in [0.2, 0.25) is 10.0 Å². The average Bonchev–Trinajstić information content (AvgIpc) is 2.33. The van der Waals surface area contributed by atoms with Crippen molar-refractivity contribution in [3.63, 3.8) is 0 Å². The molecule has 0 heterocycles. The third-order valence-electron chi connectivity index (χ3n) is 2.10. The number of carbonyl (C=O) groups is 1. The predicted octanol–water partition coefficient (Wildman–Crippen LogP) is 5.34. The molecule has 0 bridgehead atoms. The second-order valence-corrected chi connectivity index (χ2v) is 5.80. The van der Waals surface area contributed by atoms with Gasteiger partial charge in [0.1, 0.15) is 4.49 Å². The van der Waals surface area contributed by atoms with Crippen molar-refractivity contribution < 1.29 is 4.79 Å². The van der Waals surface area contributed by atoms with E-state index in [0.717, 1.165) is 0 Å². The van der Waals surface area contributed by atoms with Gasteiger partial charge in [0.2, 0.25) is 0 Å². The Bertz CT molecular complexity index is 514. The van der Waals surface area contributed by atoms with E-state index in [1.165, 1.54) is 4.90 Å². The number of urea groups is 1. The molecule has 0 aromatic heterocycles. The number of rotatable bonds is 3. The highest BCUT2D eigenvalue weighted by Crippen LogP contribution is 2.25. The molecule has 8 heteroatoms. The fraction of sp³-hybridized carbons (Fsp3) is 0.182. The summed E-state index contributed by atoms with van der Waals surface area (Å²) in [5.41, 5.74) is 0.517. The highest BCUT2D eigenvalue weighted by Gasteiger charge is 2.12. The van der Waals surface area contributed by atoms with Crippen molar-refractivity contribution in [2.75, 3.05) is 18.9 Å². The number of benzene rings is 1. The molecular weight excluding hydrogens is 353 g/mol. The number of carbonyl (C=O) groups excluding carboxylic acids is 1. The molecule has 0 aliphatic heterocycles. The number of hydrogen-bond acceptors (Lipinski definition) is 1. The number of hydrogen-bond donors (Lipinski definition) is 1. The Labute approximate surface area is 136 Å². The van der Waals surface area contributed by atoms with E-state index >= 15 is 0 Å². The smallest absolute Gasteiger partial charge is 0.321 e. The number of likely N-dealkylation sites (N-methyl/N-ethyl adjacent to an activating group) is 1. The van der Waals surface area contributed by atoms with Crippen LogP contribution in [0.1, 0.15) is 0 Å². The van der Waals surface area contributed by atoms with Gasteiger partial charge in [-0.25, -0.2) is 4.79 Å².